The lowest BCUT2D eigenvalue weighted by Gasteiger charge is -2.21. The van der Waals surface area contributed by atoms with Gasteiger partial charge >= 0.3 is 0 Å². The van der Waals surface area contributed by atoms with Crippen LogP contribution in [0.2, 0.25) is 0 Å². The van der Waals surface area contributed by atoms with Crippen LogP contribution in [-0.2, 0) is 4.79 Å². The molecule has 0 bridgehead atoms. The maximum atomic E-state index is 11.5. The Morgan fingerprint density at radius 2 is 2.23 bits per heavy atom. The molecule has 1 saturated heterocycles. The Bertz CT molecular complexity index is 240. The first-order chi connectivity index (χ1) is 6.05. The molecular formula is C10H16N2O. The first-order valence-electron chi connectivity index (χ1n) is 4.70. The summed E-state index contributed by atoms with van der Waals surface area (Å²) in [6.07, 6.45) is 2.53. The zero-order chi connectivity index (χ0) is 9.90. The van der Waals surface area contributed by atoms with Gasteiger partial charge in [-0.25, -0.2) is 0 Å². The van der Waals surface area contributed by atoms with E-state index in [4.69, 9.17) is 5.26 Å². The minimum atomic E-state index is 0.132. The summed E-state index contributed by atoms with van der Waals surface area (Å²) >= 11 is 0. The van der Waals surface area contributed by atoms with Crippen LogP contribution in [0.5, 0.6) is 0 Å². The Hall–Kier alpha value is -1.04. The molecule has 0 saturated carbocycles. The van der Waals surface area contributed by atoms with Gasteiger partial charge in [-0.3, -0.25) is 4.79 Å². The van der Waals surface area contributed by atoms with Gasteiger partial charge < -0.3 is 4.90 Å². The van der Waals surface area contributed by atoms with Gasteiger partial charge in [-0.15, -0.1) is 0 Å². The van der Waals surface area contributed by atoms with Crippen molar-refractivity contribution in [3.63, 3.8) is 0 Å². The van der Waals surface area contributed by atoms with Gasteiger partial charge in [0.15, 0.2) is 0 Å². The fourth-order valence-electron chi connectivity index (χ4n) is 1.54. The van der Waals surface area contributed by atoms with Gasteiger partial charge in [-0.05, 0) is 18.3 Å². The second-order valence-electron chi connectivity index (χ2n) is 4.39. The zero-order valence-corrected chi connectivity index (χ0v) is 8.34. The third kappa shape index (κ3) is 2.73. The average Bonchev–Trinajstić information content (AvgIpc) is 2.18. The zero-order valence-electron chi connectivity index (χ0n) is 8.34. The molecule has 0 radical (unpaired) electrons. The Labute approximate surface area is 79.3 Å². The number of hydrogen-bond donors (Lipinski definition) is 0. The van der Waals surface area contributed by atoms with Gasteiger partial charge in [0.05, 0.1) is 6.07 Å². The van der Waals surface area contributed by atoms with Gasteiger partial charge in [-0.2, -0.15) is 5.26 Å². The average molecular weight is 180 g/mol. The normalized spacial score (nSPS) is 22.2. The number of nitrogens with zero attached hydrogens (tertiary/aromatic N) is 2. The van der Waals surface area contributed by atoms with E-state index in [0.29, 0.717) is 6.42 Å². The fourth-order valence-corrected chi connectivity index (χ4v) is 1.54. The van der Waals surface area contributed by atoms with Crippen molar-refractivity contribution >= 4 is 5.91 Å². The van der Waals surface area contributed by atoms with E-state index >= 15 is 0 Å². The molecule has 0 N–H and O–H groups in total. The van der Waals surface area contributed by atoms with Gasteiger partial charge in [0.25, 0.3) is 0 Å². The molecule has 1 amide bonds. The molecule has 3 heteroatoms. The molecule has 0 aromatic carbocycles. The molecule has 0 aromatic rings. The Kier molecular flexibility index (Phi) is 2.92. The molecule has 0 aromatic heterocycles. The standard InChI is InChI=1S/C10H16N2O/c1-10(2)4-3-9(13)12(7-5-10)8-6-11/h3-5,7-8H2,1-2H3. The highest BCUT2D eigenvalue weighted by Gasteiger charge is 2.26. The first kappa shape index (κ1) is 10.0. The summed E-state index contributed by atoms with van der Waals surface area (Å²) in [4.78, 5) is 13.1. The number of likely N-dealkylation sites (tertiary alicyclic amines) is 1. The molecule has 1 fully saturated rings. The second kappa shape index (κ2) is 3.78. The molecule has 1 rings (SSSR count). The van der Waals surface area contributed by atoms with Crippen LogP contribution in [-0.4, -0.2) is 23.9 Å². The van der Waals surface area contributed by atoms with Crippen LogP contribution in [0.3, 0.4) is 0 Å². The largest absolute Gasteiger partial charge is 0.329 e. The number of amides is 1. The van der Waals surface area contributed by atoms with Gasteiger partial charge in [0.2, 0.25) is 5.91 Å². The minimum Gasteiger partial charge on any atom is -0.329 e. The van der Waals surface area contributed by atoms with Crippen molar-refractivity contribution in [1.29, 1.82) is 5.26 Å². The number of carbonyl (C=O) groups excluding carboxylic acids is 1. The lowest BCUT2D eigenvalue weighted by Crippen LogP contribution is -2.30. The van der Waals surface area contributed by atoms with Crippen molar-refractivity contribution < 1.29 is 4.79 Å². The second-order valence-corrected chi connectivity index (χ2v) is 4.39. The maximum Gasteiger partial charge on any atom is 0.223 e. The third-order valence-corrected chi connectivity index (χ3v) is 2.69. The highest BCUT2D eigenvalue weighted by molar-refractivity contribution is 5.76. The maximum absolute atomic E-state index is 11.5. The van der Waals surface area contributed by atoms with Crippen LogP contribution in [0.1, 0.15) is 33.1 Å². The van der Waals surface area contributed by atoms with E-state index in [1.54, 1.807) is 4.90 Å². The van der Waals surface area contributed by atoms with Gasteiger partial charge in [-0.1, -0.05) is 13.8 Å². The molecule has 72 valence electrons. The van der Waals surface area contributed by atoms with Crippen molar-refractivity contribution in [3.05, 3.63) is 0 Å². The van der Waals surface area contributed by atoms with E-state index in [-0.39, 0.29) is 17.9 Å². The molecule has 0 atom stereocenters. The molecule has 3 nitrogen and oxygen atoms in total. The minimum absolute atomic E-state index is 0.132. The van der Waals surface area contributed by atoms with Crippen LogP contribution in [0.4, 0.5) is 0 Å². The molecule has 1 heterocycles. The topological polar surface area (TPSA) is 44.1 Å². The van der Waals surface area contributed by atoms with Crippen LogP contribution >= 0.6 is 0 Å². The molecule has 13 heavy (non-hydrogen) atoms. The summed E-state index contributed by atoms with van der Waals surface area (Å²) in [5.74, 6) is 0.132. The van der Waals surface area contributed by atoms with Crippen LogP contribution in [0, 0.1) is 16.7 Å². The smallest absolute Gasteiger partial charge is 0.223 e. The van der Waals surface area contributed by atoms with E-state index < -0.39 is 0 Å². The number of hydrogen-bond acceptors (Lipinski definition) is 2. The summed E-state index contributed by atoms with van der Waals surface area (Å²) in [7, 11) is 0. The van der Waals surface area contributed by atoms with Crippen molar-refractivity contribution in [2.75, 3.05) is 13.1 Å². The molecule has 0 spiro atoms. The lowest BCUT2D eigenvalue weighted by molar-refractivity contribution is -0.130. The van der Waals surface area contributed by atoms with Gasteiger partial charge in [0, 0.05) is 13.0 Å². The summed E-state index contributed by atoms with van der Waals surface area (Å²) in [6.45, 7) is 5.33. The Morgan fingerprint density at radius 1 is 1.54 bits per heavy atom. The van der Waals surface area contributed by atoms with E-state index in [0.717, 1.165) is 19.4 Å². The van der Waals surface area contributed by atoms with Crippen molar-refractivity contribution in [1.82, 2.24) is 4.90 Å². The summed E-state index contributed by atoms with van der Waals surface area (Å²) in [5.41, 5.74) is 0.250. The summed E-state index contributed by atoms with van der Waals surface area (Å²) < 4.78 is 0. The number of nitriles is 1. The van der Waals surface area contributed by atoms with Crippen LogP contribution in [0.25, 0.3) is 0 Å². The fraction of sp³-hybridized carbons (Fsp3) is 0.800. The summed E-state index contributed by atoms with van der Waals surface area (Å²) in [5, 5.41) is 8.51. The van der Waals surface area contributed by atoms with Crippen LogP contribution < -0.4 is 0 Å². The quantitative estimate of drug-likeness (QED) is 0.575. The van der Waals surface area contributed by atoms with E-state index in [1.165, 1.54) is 0 Å². The Morgan fingerprint density at radius 3 is 2.85 bits per heavy atom. The third-order valence-electron chi connectivity index (χ3n) is 2.69. The highest BCUT2D eigenvalue weighted by Crippen LogP contribution is 2.29. The van der Waals surface area contributed by atoms with Gasteiger partial charge in [0.1, 0.15) is 6.54 Å². The molecule has 0 unspecified atom stereocenters. The SMILES string of the molecule is CC1(C)CCC(=O)N(CC#N)CC1. The highest BCUT2D eigenvalue weighted by atomic mass is 16.2. The first-order valence-corrected chi connectivity index (χ1v) is 4.70. The number of rotatable bonds is 1. The molecule has 0 aliphatic carbocycles. The van der Waals surface area contributed by atoms with Crippen LogP contribution in [0.15, 0.2) is 0 Å². The van der Waals surface area contributed by atoms with E-state index in [2.05, 4.69) is 13.8 Å². The van der Waals surface area contributed by atoms with Crippen molar-refractivity contribution in [3.8, 4) is 6.07 Å². The number of carbonyl (C=O) groups is 1. The van der Waals surface area contributed by atoms with E-state index in [1.807, 2.05) is 6.07 Å². The molecular weight excluding hydrogens is 164 g/mol. The Balaban J connectivity index is 2.61. The van der Waals surface area contributed by atoms with E-state index in [9.17, 15) is 4.79 Å². The summed E-state index contributed by atoms with van der Waals surface area (Å²) in [6, 6.07) is 2.03. The predicted octanol–water partition coefficient (Wildman–Crippen LogP) is 1.55. The monoisotopic (exact) mass is 180 g/mol. The van der Waals surface area contributed by atoms with Crippen molar-refractivity contribution in [2.24, 2.45) is 5.41 Å². The lowest BCUT2D eigenvalue weighted by atomic mass is 9.85. The van der Waals surface area contributed by atoms with Crippen molar-refractivity contribution in [2.45, 2.75) is 33.1 Å². The predicted molar refractivity (Wildman–Crippen MR) is 49.8 cm³/mol. The molecule has 1 aliphatic rings. The molecule has 1 aliphatic heterocycles.